The van der Waals surface area contributed by atoms with Gasteiger partial charge in [-0.05, 0) is 12.5 Å². The van der Waals surface area contributed by atoms with Crippen LogP contribution in [0.5, 0.6) is 0 Å². The van der Waals surface area contributed by atoms with Crippen LogP contribution in [-0.2, 0) is 0 Å². The number of amides is 1. The highest BCUT2D eigenvalue weighted by Gasteiger charge is 2.27. The van der Waals surface area contributed by atoms with Crippen molar-refractivity contribution in [1.82, 2.24) is 4.90 Å². The lowest BCUT2D eigenvalue weighted by atomic mass is 10.1. The number of likely N-dealkylation sites (tertiary alicyclic amines) is 1. The molecule has 92 valence electrons. The van der Waals surface area contributed by atoms with Crippen molar-refractivity contribution in [3.63, 3.8) is 0 Å². The summed E-state index contributed by atoms with van der Waals surface area (Å²) in [6.45, 7) is 0.357. The van der Waals surface area contributed by atoms with Gasteiger partial charge in [-0.25, -0.2) is 13.2 Å². The molecule has 1 fully saturated rings. The Bertz CT molecular complexity index is 464. The Balaban J connectivity index is 2.28. The maximum absolute atomic E-state index is 13.3. The molecule has 1 aromatic carbocycles. The van der Waals surface area contributed by atoms with Crippen molar-refractivity contribution >= 4 is 5.91 Å². The van der Waals surface area contributed by atoms with E-state index < -0.39 is 35.0 Å². The first-order valence-electron chi connectivity index (χ1n) is 5.11. The van der Waals surface area contributed by atoms with Gasteiger partial charge in [0.25, 0.3) is 5.91 Å². The summed E-state index contributed by atoms with van der Waals surface area (Å²) < 4.78 is 38.9. The largest absolute Gasteiger partial charge is 0.391 e. The number of halogens is 3. The summed E-state index contributed by atoms with van der Waals surface area (Å²) in [6.07, 6.45) is -0.246. The molecule has 1 saturated heterocycles. The number of carbonyl (C=O) groups is 1. The van der Waals surface area contributed by atoms with E-state index in [1.807, 2.05) is 0 Å². The maximum Gasteiger partial charge on any atom is 0.257 e. The smallest absolute Gasteiger partial charge is 0.257 e. The SMILES string of the molecule is O=C(c1cc(F)c(F)cc1F)N1CCC(O)C1. The number of rotatable bonds is 1. The normalized spacial score (nSPS) is 19.8. The van der Waals surface area contributed by atoms with Gasteiger partial charge in [0.1, 0.15) is 5.82 Å². The molecule has 17 heavy (non-hydrogen) atoms. The first-order valence-corrected chi connectivity index (χ1v) is 5.11. The van der Waals surface area contributed by atoms with Crippen molar-refractivity contribution in [1.29, 1.82) is 0 Å². The van der Waals surface area contributed by atoms with E-state index in [2.05, 4.69) is 0 Å². The van der Waals surface area contributed by atoms with Crippen molar-refractivity contribution in [2.45, 2.75) is 12.5 Å². The highest BCUT2D eigenvalue weighted by Crippen LogP contribution is 2.18. The molecule has 1 aliphatic rings. The van der Waals surface area contributed by atoms with E-state index in [1.165, 1.54) is 4.90 Å². The molecule has 0 radical (unpaired) electrons. The molecule has 0 aromatic heterocycles. The van der Waals surface area contributed by atoms with Gasteiger partial charge >= 0.3 is 0 Å². The molecule has 0 saturated carbocycles. The highest BCUT2D eigenvalue weighted by molar-refractivity contribution is 5.94. The molecular weight excluding hydrogens is 235 g/mol. The quantitative estimate of drug-likeness (QED) is 0.758. The zero-order valence-electron chi connectivity index (χ0n) is 8.79. The molecule has 0 aliphatic carbocycles. The van der Waals surface area contributed by atoms with Crippen molar-refractivity contribution in [3.8, 4) is 0 Å². The van der Waals surface area contributed by atoms with Gasteiger partial charge in [0.2, 0.25) is 0 Å². The average molecular weight is 245 g/mol. The Morgan fingerprint density at radius 1 is 1.24 bits per heavy atom. The number of carbonyl (C=O) groups excluding carboxylic acids is 1. The minimum atomic E-state index is -1.33. The third kappa shape index (κ3) is 2.26. The number of nitrogens with zero attached hydrogens (tertiary/aromatic N) is 1. The zero-order valence-corrected chi connectivity index (χ0v) is 8.79. The van der Waals surface area contributed by atoms with E-state index in [9.17, 15) is 23.1 Å². The summed E-state index contributed by atoms with van der Waals surface area (Å²) in [4.78, 5) is 13.0. The topological polar surface area (TPSA) is 40.5 Å². The van der Waals surface area contributed by atoms with Crippen LogP contribution in [0.15, 0.2) is 12.1 Å². The summed E-state index contributed by atoms with van der Waals surface area (Å²) in [6, 6.07) is 0.882. The fourth-order valence-electron chi connectivity index (χ4n) is 1.78. The van der Waals surface area contributed by atoms with Crippen LogP contribution in [0, 0.1) is 17.5 Å². The van der Waals surface area contributed by atoms with Gasteiger partial charge in [-0.15, -0.1) is 0 Å². The Hall–Kier alpha value is -1.56. The van der Waals surface area contributed by atoms with Crippen molar-refractivity contribution < 1.29 is 23.1 Å². The van der Waals surface area contributed by atoms with E-state index in [0.717, 1.165) is 0 Å². The number of benzene rings is 1. The van der Waals surface area contributed by atoms with Crippen LogP contribution in [0.4, 0.5) is 13.2 Å². The van der Waals surface area contributed by atoms with Gasteiger partial charge in [0.15, 0.2) is 11.6 Å². The van der Waals surface area contributed by atoms with Gasteiger partial charge in [0, 0.05) is 19.2 Å². The predicted octanol–water partition coefficient (Wildman–Crippen LogP) is 1.31. The van der Waals surface area contributed by atoms with Crippen LogP contribution in [0.25, 0.3) is 0 Å². The van der Waals surface area contributed by atoms with Gasteiger partial charge < -0.3 is 10.0 Å². The van der Waals surface area contributed by atoms with E-state index in [1.54, 1.807) is 0 Å². The van der Waals surface area contributed by atoms with Crippen LogP contribution in [0.2, 0.25) is 0 Å². The maximum atomic E-state index is 13.3. The summed E-state index contributed by atoms with van der Waals surface area (Å²) >= 11 is 0. The first kappa shape index (κ1) is 11.9. The molecule has 1 aliphatic heterocycles. The summed E-state index contributed by atoms with van der Waals surface area (Å²) in [5.41, 5.74) is -0.516. The molecule has 1 atom stereocenters. The van der Waals surface area contributed by atoms with Crippen LogP contribution < -0.4 is 0 Å². The van der Waals surface area contributed by atoms with Gasteiger partial charge in [0.05, 0.1) is 11.7 Å². The Labute approximate surface area is 95.5 Å². The van der Waals surface area contributed by atoms with E-state index in [-0.39, 0.29) is 13.1 Å². The fraction of sp³-hybridized carbons (Fsp3) is 0.364. The minimum absolute atomic E-state index is 0.0806. The van der Waals surface area contributed by atoms with E-state index >= 15 is 0 Å². The van der Waals surface area contributed by atoms with Gasteiger partial charge in [-0.3, -0.25) is 4.79 Å². The fourth-order valence-corrected chi connectivity index (χ4v) is 1.78. The Kier molecular flexibility index (Phi) is 3.06. The van der Waals surface area contributed by atoms with Crippen LogP contribution in [-0.4, -0.2) is 35.1 Å². The standard InChI is InChI=1S/C11H10F3NO2/c12-8-4-10(14)9(13)3-7(8)11(17)15-2-1-6(16)5-15/h3-4,6,16H,1-2,5H2. The molecule has 2 rings (SSSR count). The Morgan fingerprint density at radius 3 is 2.47 bits per heavy atom. The molecule has 3 nitrogen and oxygen atoms in total. The monoisotopic (exact) mass is 245 g/mol. The molecule has 0 bridgehead atoms. The second kappa shape index (κ2) is 4.37. The number of β-amino-alcohol motifs (C(OH)–C–C–N with tert-alkyl or cyclic N) is 1. The van der Waals surface area contributed by atoms with Crippen LogP contribution in [0.1, 0.15) is 16.8 Å². The summed E-state index contributed by atoms with van der Waals surface area (Å²) in [5.74, 6) is -4.44. The van der Waals surface area contributed by atoms with Crippen molar-refractivity contribution in [2.75, 3.05) is 13.1 Å². The molecule has 1 unspecified atom stereocenters. The minimum Gasteiger partial charge on any atom is -0.391 e. The number of hydrogen-bond acceptors (Lipinski definition) is 2. The third-order valence-corrected chi connectivity index (χ3v) is 2.69. The molecule has 1 heterocycles. The van der Waals surface area contributed by atoms with Gasteiger partial charge in [-0.2, -0.15) is 0 Å². The molecule has 0 spiro atoms. The van der Waals surface area contributed by atoms with Crippen LogP contribution >= 0.6 is 0 Å². The molecule has 1 N–H and O–H groups in total. The zero-order chi connectivity index (χ0) is 12.6. The average Bonchev–Trinajstić information content (AvgIpc) is 2.69. The summed E-state index contributed by atoms with van der Waals surface area (Å²) in [5, 5.41) is 9.24. The van der Waals surface area contributed by atoms with E-state index in [4.69, 9.17) is 0 Å². The predicted molar refractivity (Wildman–Crippen MR) is 52.8 cm³/mol. The second-order valence-corrected chi connectivity index (χ2v) is 3.94. The third-order valence-electron chi connectivity index (χ3n) is 2.69. The number of hydrogen-bond donors (Lipinski definition) is 1. The van der Waals surface area contributed by atoms with Gasteiger partial charge in [-0.1, -0.05) is 0 Å². The Morgan fingerprint density at radius 2 is 1.88 bits per heavy atom. The molecule has 1 aromatic rings. The van der Waals surface area contributed by atoms with Crippen LogP contribution in [0.3, 0.4) is 0 Å². The molecule has 6 heteroatoms. The molecular formula is C11H10F3NO2. The van der Waals surface area contributed by atoms with E-state index in [0.29, 0.717) is 18.6 Å². The highest BCUT2D eigenvalue weighted by atomic mass is 19.2. The van der Waals surface area contributed by atoms with Crippen molar-refractivity contribution in [2.24, 2.45) is 0 Å². The lowest BCUT2D eigenvalue weighted by molar-refractivity contribution is 0.0759. The number of aliphatic hydroxyl groups excluding tert-OH is 1. The first-order chi connectivity index (χ1) is 7.99. The second-order valence-electron chi connectivity index (χ2n) is 3.94. The lowest BCUT2D eigenvalue weighted by Crippen LogP contribution is -2.30. The molecule has 1 amide bonds. The van der Waals surface area contributed by atoms with Crippen molar-refractivity contribution in [3.05, 3.63) is 35.1 Å². The summed E-state index contributed by atoms with van der Waals surface area (Å²) in [7, 11) is 0. The lowest BCUT2D eigenvalue weighted by Gasteiger charge is -2.15. The number of aliphatic hydroxyl groups is 1.